The number of piperidine rings is 1. The van der Waals surface area contributed by atoms with Crippen molar-refractivity contribution in [2.45, 2.75) is 30.0 Å². The molecule has 0 spiro atoms. The van der Waals surface area contributed by atoms with Crippen molar-refractivity contribution in [3.63, 3.8) is 0 Å². The quantitative estimate of drug-likeness (QED) is 0.825. The summed E-state index contributed by atoms with van der Waals surface area (Å²) in [7, 11) is -3.67. The fraction of sp³-hybridized carbons (Fsp3) is 0.462. The minimum Gasteiger partial charge on any atom is -0.451 e. The molecule has 2 aromatic heterocycles. The fourth-order valence-corrected chi connectivity index (χ4v) is 4.84. The Morgan fingerprint density at radius 1 is 1.41 bits per heavy atom. The van der Waals surface area contributed by atoms with Gasteiger partial charge in [0.05, 0.1) is 16.3 Å². The topological polar surface area (TPSA) is 99.4 Å². The molecule has 0 radical (unpaired) electrons. The zero-order valence-corrected chi connectivity index (χ0v) is 14.1. The number of nitrogens with one attached hydrogen (secondary N) is 1. The van der Waals surface area contributed by atoms with E-state index in [4.69, 9.17) is 4.42 Å². The van der Waals surface area contributed by atoms with Crippen molar-refractivity contribution in [1.29, 1.82) is 0 Å². The summed E-state index contributed by atoms with van der Waals surface area (Å²) in [6.07, 6.45) is 4.13. The van der Waals surface area contributed by atoms with Crippen LogP contribution < -0.4 is 0 Å². The number of hydrogen-bond acceptors (Lipinski definition) is 5. The number of halogens is 1. The Kier molecular flexibility index (Phi) is 4.15. The number of rotatable bonds is 4. The molecule has 2 aromatic rings. The molecule has 0 aromatic carbocycles. The van der Waals surface area contributed by atoms with Gasteiger partial charge in [-0.2, -0.15) is 9.40 Å². The van der Waals surface area contributed by atoms with E-state index in [1.165, 1.54) is 10.6 Å². The lowest BCUT2D eigenvalue weighted by Crippen LogP contribution is -2.47. The van der Waals surface area contributed by atoms with Crippen molar-refractivity contribution < 1.29 is 17.9 Å². The number of aromatic amines is 1. The number of hydrogen-bond donors (Lipinski definition) is 2. The smallest absolute Gasteiger partial charge is 0.277 e. The van der Waals surface area contributed by atoms with Gasteiger partial charge in [-0.1, -0.05) is 0 Å². The van der Waals surface area contributed by atoms with E-state index in [1.54, 1.807) is 18.3 Å². The zero-order chi connectivity index (χ0) is 15.8. The van der Waals surface area contributed by atoms with Crippen LogP contribution in [0.4, 0.5) is 0 Å². The molecule has 3 heterocycles. The molecule has 0 bridgehead atoms. The highest BCUT2D eigenvalue weighted by atomic mass is 79.9. The number of H-pyrrole nitrogens is 1. The highest BCUT2D eigenvalue weighted by molar-refractivity contribution is 9.10. The number of sulfonamides is 1. The van der Waals surface area contributed by atoms with Crippen LogP contribution in [0.1, 0.15) is 18.5 Å². The first-order chi connectivity index (χ1) is 10.4. The average molecular weight is 390 g/mol. The molecule has 22 heavy (non-hydrogen) atoms. The van der Waals surface area contributed by atoms with Gasteiger partial charge >= 0.3 is 0 Å². The first kappa shape index (κ1) is 15.7. The van der Waals surface area contributed by atoms with Gasteiger partial charge in [0.1, 0.15) is 0 Å². The van der Waals surface area contributed by atoms with E-state index in [1.807, 2.05) is 0 Å². The van der Waals surface area contributed by atoms with Crippen LogP contribution in [-0.4, -0.2) is 46.7 Å². The van der Waals surface area contributed by atoms with Crippen LogP contribution in [0.5, 0.6) is 0 Å². The van der Waals surface area contributed by atoms with Crippen LogP contribution in [0.15, 0.2) is 38.6 Å². The lowest BCUT2D eigenvalue weighted by Gasteiger charge is -2.36. The SMILES string of the molecule is O=S(=O)(c1occc1Br)N1CCC(O)(Cc2ccn[nH]2)CC1. The van der Waals surface area contributed by atoms with Crippen molar-refractivity contribution in [2.24, 2.45) is 0 Å². The molecule has 0 atom stereocenters. The van der Waals surface area contributed by atoms with Gasteiger partial charge in [0.15, 0.2) is 0 Å². The maximum Gasteiger partial charge on any atom is 0.277 e. The summed E-state index contributed by atoms with van der Waals surface area (Å²) in [5, 5.41) is 17.2. The Labute approximate surface area is 136 Å². The molecule has 1 aliphatic heterocycles. The lowest BCUT2D eigenvalue weighted by atomic mass is 9.88. The van der Waals surface area contributed by atoms with Crippen LogP contribution in [0, 0.1) is 0 Å². The maximum absolute atomic E-state index is 12.5. The molecule has 1 aliphatic rings. The van der Waals surface area contributed by atoms with Gasteiger partial charge in [-0.05, 0) is 40.9 Å². The second-order valence-corrected chi connectivity index (χ2v) is 8.13. The van der Waals surface area contributed by atoms with Crippen molar-refractivity contribution in [1.82, 2.24) is 14.5 Å². The predicted octanol–water partition coefficient (Wildman–Crippen LogP) is 1.52. The van der Waals surface area contributed by atoms with E-state index in [-0.39, 0.29) is 18.2 Å². The number of aliphatic hydroxyl groups is 1. The maximum atomic E-state index is 12.5. The van der Waals surface area contributed by atoms with Crippen molar-refractivity contribution in [2.75, 3.05) is 13.1 Å². The van der Waals surface area contributed by atoms with Gasteiger partial charge in [0.25, 0.3) is 10.0 Å². The molecule has 0 saturated carbocycles. The Morgan fingerprint density at radius 2 is 2.14 bits per heavy atom. The van der Waals surface area contributed by atoms with Crippen LogP contribution >= 0.6 is 15.9 Å². The largest absolute Gasteiger partial charge is 0.451 e. The summed E-state index contributed by atoms with van der Waals surface area (Å²) in [4.78, 5) is 0. The standard InChI is InChI=1S/C13H16BrN3O4S/c14-11-2-8-21-12(11)22(19,20)17-6-3-13(18,4-7-17)9-10-1-5-15-16-10/h1-2,5,8,18H,3-4,6-7,9H2,(H,15,16). The highest BCUT2D eigenvalue weighted by Crippen LogP contribution is 2.31. The normalized spacial score (nSPS) is 19.4. The summed E-state index contributed by atoms with van der Waals surface area (Å²) in [6, 6.07) is 3.35. The van der Waals surface area contributed by atoms with Crippen LogP contribution in [0.2, 0.25) is 0 Å². The first-order valence-corrected chi connectivity index (χ1v) is 9.08. The fourth-order valence-electron chi connectivity index (χ4n) is 2.64. The number of nitrogens with zero attached hydrogens (tertiary/aromatic N) is 2. The summed E-state index contributed by atoms with van der Waals surface area (Å²) >= 11 is 3.17. The second-order valence-electron chi connectivity index (χ2n) is 5.44. The zero-order valence-electron chi connectivity index (χ0n) is 11.7. The minimum atomic E-state index is -3.67. The Bertz CT molecular complexity index is 733. The number of aromatic nitrogens is 2. The van der Waals surface area contributed by atoms with Crippen LogP contribution in [-0.2, 0) is 16.4 Å². The van der Waals surface area contributed by atoms with Gasteiger partial charge in [-0.25, -0.2) is 8.42 Å². The van der Waals surface area contributed by atoms with Gasteiger partial charge in [-0.3, -0.25) is 5.10 Å². The number of furan rings is 1. The molecular weight excluding hydrogens is 374 g/mol. The average Bonchev–Trinajstić information content (AvgIpc) is 3.10. The van der Waals surface area contributed by atoms with Gasteiger partial charge in [0.2, 0.25) is 5.09 Å². The molecule has 0 aliphatic carbocycles. The first-order valence-electron chi connectivity index (χ1n) is 6.84. The molecule has 1 saturated heterocycles. The second kappa shape index (κ2) is 5.80. The monoisotopic (exact) mass is 389 g/mol. The van der Waals surface area contributed by atoms with Crippen LogP contribution in [0.25, 0.3) is 0 Å². The van der Waals surface area contributed by atoms with E-state index in [2.05, 4.69) is 26.1 Å². The third kappa shape index (κ3) is 2.98. The summed E-state index contributed by atoms with van der Waals surface area (Å²) in [5.41, 5.74) is -0.0774. The summed E-state index contributed by atoms with van der Waals surface area (Å²) in [5.74, 6) is 0. The molecule has 1 fully saturated rings. The van der Waals surface area contributed by atoms with Gasteiger partial charge in [-0.15, -0.1) is 0 Å². The minimum absolute atomic E-state index is 0.0912. The Hall–Kier alpha value is -1.16. The summed E-state index contributed by atoms with van der Waals surface area (Å²) in [6.45, 7) is 0.500. The molecule has 0 amide bonds. The molecule has 7 nitrogen and oxygen atoms in total. The van der Waals surface area contributed by atoms with Crippen molar-refractivity contribution in [3.05, 3.63) is 34.8 Å². The third-order valence-corrected chi connectivity index (χ3v) is 6.61. The lowest BCUT2D eigenvalue weighted by molar-refractivity contribution is -0.00540. The molecule has 0 unspecified atom stereocenters. The van der Waals surface area contributed by atoms with Gasteiger partial charge in [0, 0.05) is 31.4 Å². The van der Waals surface area contributed by atoms with E-state index >= 15 is 0 Å². The van der Waals surface area contributed by atoms with E-state index < -0.39 is 15.6 Å². The third-order valence-electron chi connectivity index (χ3n) is 3.89. The van der Waals surface area contributed by atoms with Gasteiger partial charge < -0.3 is 9.52 Å². The van der Waals surface area contributed by atoms with Crippen molar-refractivity contribution in [3.8, 4) is 0 Å². The predicted molar refractivity (Wildman–Crippen MR) is 81.6 cm³/mol. The Morgan fingerprint density at radius 3 is 2.68 bits per heavy atom. The Balaban J connectivity index is 1.70. The highest BCUT2D eigenvalue weighted by Gasteiger charge is 2.39. The van der Waals surface area contributed by atoms with Crippen LogP contribution in [0.3, 0.4) is 0 Å². The van der Waals surface area contributed by atoms with E-state index in [9.17, 15) is 13.5 Å². The molecule has 9 heteroatoms. The van der Waals surface area contributed by atoms with E-state index in [0.29, 0.717) is 23.7 Å². The summed E-state index contributed by atoms with van der Waals surface area (Å²) < 4.78 is 31.8. The van der Waals surface area contributed by atoms with Crippen molar-refractivity contribution >= 4 is 26.0 Å². The molecule has 3 rings (SSSR count). The van der Waals surface area contributed by atoms with E-state index in [0.717, 1.165) is 5.69 Å². The molecule has 2 N–H and O–H groups in total. The molecule has 120 valence electrons. The molecular formula is C13H16BrN3O4S.